The van der Waals surface area contributed by atoms with Crippen LogP contribution < -0.4 is 0 Å². The van der Waals surface area contributed by atoms with E-state index in [2.05, 4.69) is 0 Å². The normalized spacial score (nSPS) is 44.5. The molecular formula is C44H72O13. The molecule has 2 saturated heterocycles. The molecule has 2 fully saturated rings. The lowest BCUT2D eigenvalue weighted by atomic mass is 9.77. The Morgan fingerprint density at radius 1 is 0.982 bits per heavy atom. The van der Waals surface area contributed by atoms with Gasteiger partial charge in [0.15, 0.2) is 12.1 Å². The molecule has 0 bridgehead atoms. The second-order valence-electron chi connectivity index (χ2n) is 16.9. The maximum Gasteiger partial charge on any atom is 0.373 e. The van der Waals surface area contributed by atoms with Gasteiger partial charge in [-0.1, -0.05) is 89.1 Å². The molecule has 3 aliphatic heterocycles. The van der Waals surface area contributed by atoms with Crippen molar-refractivity contribution in [3.8, 4) is 0 Å². The summed E-state index contributed by atoms with van der Waals surface area (Å²) in [5.74, 6) is -5.84. The zero-order valence-corrected chi connectivity index (χ0v) is 36.0. The van der Waals surface area contributed by atoms with Crippen LogP contribution in [0.5, 0.6) is 0 Å². The van der Waals surface area contributed by atoms with E-state index in [1.807, 2.05) is 65.8 Å². The Balaban J connectivity index is 2.01. The Labute approximate surface area is 340 Å². The van der Waals surface area contributed by atoms with E-state index >= 15 is 0 Å². The number of carbonyl (C=O) groups is 1. The second kappa shape index (κ2) is 21.7. The number of hydrogen-bond acceptors (Lipinski definition) is 13. The molecule has 0 unspecified atom stereocenters. The first-order valence-electron chi connectivity index (χ1n) is 20.4. The van der Waals surface area contributed by atoms with Crippen molar-refractivity contribution < 1.29 is 63.9 Å². The molecule has 18 atom stereocenters. The summed E-state index contributed by atoms with van der Waals surface area (Å²) in [5.41, 5.74) is 1.60. The van der Waals surface area contributed by atoms with Gasteiger partial charge in [0.25, 0.3) is 0 Å². The van der Waals surface area contributed by atoms with Gasteiger partial charge in [-0.3, -0.25) is 0 Å². The maximum absolute atomic E-state index is 13.9. The van der Waals surface area contributed by atoms with Crippen LogP contribution >= 0.6 is 0 Å². The Morgan fingerprint density at radius 3 is 2.25 bits per heavy atom. The first-order valence-corrected chi connectivity index (χ1v) is 20.4. The van der Waals surface area contributed by atoms with Gasteiger partial charge in [0.1, 0.15) is 18.3 Å². The van der Waals surface area contributed by atoms with Crippen molar-refractivity contribution in [2.75, 3.05) is 14.2 Å². The average molecular weight is 809 g/mol. The smallest absolute Gasteiger partial charge is 0.373 e. The van der Waals surface area contributed by atoms with Gasteiger partial charge in [-0.2, -0.15) is 0 Å². The highest BCUT2D eigenvalue weighted by atomic mass is 16.7. The van der Waals surface area contributed by atoms with Crippen LogP contribution in [0.2, 0.25) is 0 Å². The van der Waals surface area contributed by atoms with E-state index in [9.17, 15) is 35.4 Å². The third kappa shape index (κ3) is 12.5. The van der Waals surface area contributed by atoms with E-state index in [4.69, 9.17) is 28.4 Å². The molecule has 0 saturated carbocycles. The first kappa shape index (κ1) is 48.9. The summed E-state index contributed by atoms with van der Waals surface area (Å²) in [7, 11) is 2.82. The van der Waals surface area contributed by atoms with E-state index in [-0.39, 0.29) is 36.4 Å². The molecule has 57 heavy (non-hydrogen) atoms. The van der Waals surface area contributed by atoms with Crippen LogP contribution in [0, 0.1) is 35.5 Å². The fourth-order valence-electron chi connectivity index (χ4n) is 8.34. The van der Waals surface area contributed by atoms with Crippen LogP contribution in [0.4, 0.5) is 0 Å². The number of rotatable bonds is 9. The minimum Gasteiger partial charge on any atom is -0.490 e. The van der Waals surface area contributed by atoms with E-state index < -0.39 is 96.8 Å². The molecule has 13 heteroatoms. The fourth-order valence-corrected chi connectivity index (χ4v) is 8.34. The van der Waals surface area contributed by atoms with Crippen molar-refractivity contribution in [1.82, 2.24) is 0 Å². The highest BCUT2D eigenvalue weighted by Gasteiger charge is 2.52. The number of esters is 1. The molecule has 6 N–H and O–H groups in total. The van der Waals surface area contributed by atoms with Crippen LogP contribution in [-0.2, 0) is 33.2 Å². The van der Waals surface area contributed by atoms with Crippen LogP contribution in [0.25, 0.3) is 0 Å². The zero-order valence-electron chi connectivity index (χ0n) is 36.0. The van der Waals surface area contributed by atoms with Gasteiger partial charge in [-0.25, -0.2) is 4.79 Å². The number of carbonyl (C=O) groups excluding carboxylic acids is 1. The summed E-state index contributed by atoms with van der Waals surface area (Å²) in [6, 6.07) is 0. The van der Waals surface area contributed by atoms with Crippen LogP contribution in [0.1, 0.15) is 88.5 Å². The monoisotopic (exact) mass is 808 g/mol. The number of aliphatic hydroxyl groups excluding tert-OH is 5. The van der Waals surface area contributed by atoms with Crippen molar-refractivity contribution in [3.05, 3.63) is 59.4 Å². The van der Waals surface area contributed by atoms with E-state index in [0.717, 1.165) is 5.57 Å². The van der Waals surface area contributed by atoms with E-state index in [1.165, 1.54) is 20.3 Å². The molecule has 326 valence electrons. The SMILES string of the molecule is C/C=C/[C@H]1O[C@@](O)([C@@H](C)[C@H](O)[C@H](C)[C@H]2OC(=O)/C(OC)=C/C(C)=C/[C@@H](C)[C@@H](O)[C@@H](C)[C@@H](O)[C@H](C)C/C(C)=C/C=C/[C@@H]2OC)C[C@@H](O[C@H]2C[C@@H](O)[C@H](O)[C@@H](C)O2)[C@@H]1C. The predicted molar refractivity (Wildman–Crippen MR) is 215 cm³/mol. The molecule has 3 heterocycles. The molecular weight excluding hydrogens is 736 g/mol. The van der Waals surface area contributed by atoms with Crippen molar-refractivity contribution in [2.24, 2.45) is 35.5 Å². The second-order valence-corrected chi connectivity index (χ2v) is 16.9. The lowest BCUT2D eigenvalue weighted by molar-refractivity contribution is -0.339. The molecule has 0 radical (unpaired) electrons. The third-order valence-corrected chi connectivity index (χ3v) is 12.3. The molecule has 13 nitrogen and oxygen atoms in total. The molecule has 0 aliphatic carbocycles. The molecule has 0 spiro atoms. The largest absolute Gasteiger partial charge is 0.490 e. The van der Waals surface area contributed by atoms with Crippen LogP contribution in [0.3, 0.4) is 0 Å². The van der Waals surface area contributed by atoms with Gasteiger partial charge >= 0.3 is 5.97 Å². The number of allylic oxidation sites excluding steroid dienone is 6. The van der Waals surface area contributed by atoms with Gasteiger partial charge in [-0.15, -0.1) is 0 Å². The quantitative estimate of drug-likeness (QED) is 0.141. The van der Waals surface area contributed by atoms with E-state index in [0.29, 0.717) is 12.0 Å². The molecule has 0 aromatic heterocycles. The molecule has 3 aliphatic rings. The zero-order chi connectivity index (χ0) is 42.9. The van der Waals surface area contributed by atoms with Crippen molar-refractivity contribution in [1.29, 1.82) is 0 Å². The Morgan fingerprint density at radius 2 is 1.65 bits per heavy atom. The van der Waals surface area contributed by atoms with Gasteiger partial charge < -0.3 is 59.1 Å². The molecule has 0 aromatic rings. The summed E-state index contributed by atoms with van der Waals surface area (Å²) in [4.78, 5) is 13.9. The van der Waals surface area contributed by atoms with Gasteiger partial charge in [0.2, 0.25) is 5.76 Å². The number of cyclic esters (lactones) is 1. The highest BCUT2D eigenvalue weighted by Crippen LogP contribution is 2.42. The van der Waals surface area contributed by atoms with Crippen molar-refractivity contribution in [3.63, 3.8) is 0 Å². The number of ether oxygens (including phenoxy) is 6. The standard InChI is InChI=1S/C44H72O13/c1-13-15-33-27(6)36(55-37-21-32(45)41(49)31(10)54-37)22-44(51,57-33)30(9)40(48)29(8)42-34(52-11)17-14-16-23(2)18-25(4)38(46)28(7)39(47)26(5)19-24(3)20-35(53-12)43(50)56-42/h13-17,19-20,25-34,36-42,45-49,51H,18,21-22H2,1-12H3/b15-13+,17-14+,23-16+,24-19+,35-20-/t25-,26-,27-,28+,29+,30+,31-,32-,33-,34+,36-,37+,38+,39-,40-,41-,42-,44-/m1/s1. The highest BCUT2D eigenvalue weighted by molar-refractivity contribution is 5.87. The summed E-state index contributed by atoms with van der Waals surface area (Å²) >= 11 is 0. The van der Waals surface area contributed by atoms with Crippen molar-refractivity contribution >= 4 is 5.97 Å². The third-order valence-electron chi connectivity index (χ3n) is 12.3. The van der Waals surface area contributed by atoms with Gasteiger partial charge in [-0.05, 0) is 46.1 Å². The molecule has 3 rings (SSSR count). The minimum atomic E-state index is -1.93. The summed E-state index contributed by atoms with van der Waals surface area (Å²) < 4.78 is 36.1. The molecule has 0 aromatic carbocycles. The Kier molecular flexibility index (Phi) is 18.6. The summed E-state index contributed by atoms with van der Waals surface area (Å²) in [6.07, 6.45) is 3.15. The first-order chi connectivity index (χ1) is 26.7. The van der Waals surface area contributed by atoms with E-state index in [1.54, 1.807) is 39.8 Å². The summed E-state index contributed by atoms with van der Waals surface area (Å²) in [6.45, 7) is 18.1. The Bertz CT molecular complexity index is 1430. The van der Waals surface area contributed by atoms with Crippen LogP contribution in [-0.4, -0.2) is 124 Å². The number of hydrogen-bond donors (Lipinski definition) is 6. The lowest BCUT2D eigenvalue weighted by Crippen LogP contribution is -2.59. The summed E-state index contributed by atoms with van der Waals surface area (Å²) in [5, 5.41) is 67.3. The predicted octanol–water partition coefficient (Wildman–Crippen LogP) is 4.49. The van der Waals surface area contributed by atoms with Gasteiger partial charge in [0, 0.05) is 49.5 Å². The number of methoxy groups -OCH3 is 2. The van der Waals surface area contributed by atoms with Crippen LogP contribution in [0.15, 0.2) is 59.4 Å². The number of aliphatic hydroxyl groups is 6. The average Bonchev–Trinajstić information content (AvgIpc) is 3.16. The lowest BCUT2D eigenvalue weighted by Gasteiger charge is -2.49. The minimum absolute atomic E-state index is 0.0413. The van der Waals surface area contributed by atoms with Crippen molar-refractivity contribution in [2.45, 2.75) is 162 Å². The topological polar surface area (TPSA) is 194 Å². The molecule has 0 amide bonds. The maximum atomic E-state index is 13.9. The Hall–Kier alpha value is -2.43. The fraction of sp³-hybridized carbons (Fsp3) is 0.750. The van der Waals surface area contributed by atoms with Gasteiger partial charge in [0.05, 0.1) is 49.8 Å².